The number of thioether (sulfide) groups is 1. The van der Waals surface area contributed by atoms with Gasteiger partial charge in [-0.2, -0.15) is 11.8 Å². The van der Waals surface area contributed by atoms with E-state index in [1.165, 1.54) is 24.2 Å². The van der Waals surface area contributed by atoms with Crippen molar-refractivity contribution in [3.8, 4) is 0 Å². The molecule has 94 valence electrons. The van der Waals surface area contributed by atoms with E-state index in [0.29, 0.717) is 15.8 Å². The Balaban J connectivity index is 2.22. The summed E-state index contributed by atoms with van der Waals surface area (Å²) in [6.07, 6.45) is 3.56. The average molecular weight is 273 g/mol. The van der Waals surface area contributed by atoms with Crippen LogP contribution in [0.4, 0.5) is 0 Å². The molecule has 0 saturated carbocycles. The molecular formula is C11H15NO3S2. The number of hydrogen-bond acceptors (Lipinski definition) is 5. The lowest BCUT2D eigenvalue weighted by molar-refractivity contribution is 0.0697. The molecule has 1 aliphatic rings. The molecule has 6 heteroatoms. The van der Waals surface area contributed by atoms with E-state index in [1.807, 2.05) is 11.8 Å². The quantitative estimate of drug-likeness (QED) is 0.914. The molecule has 0 amide bonds. The SMILES string of the molecule is COCc1nc(C2CCCCS2)sc1C(=O)O. The largest absolute Gasteiger partial charge is 0.477 e. The van der Waals surface area contributed by atoms with Crippen molar-refractivity contribution in [2.24, 2.45) is 0 Å². The maximum absolute atomic E-state index is 11.1. The molecule has 2 rings (SSSR count). The molecule has 0 radical (unpaired) electrons. The third kappa shape index (κ3) is 3.00. The standard InChI is InChI=1S/C11H15NO3S2/c1-15-6-7-9(11(13)14)17-10(12-7)8-4-2-3-5-16-8/h8H,2-6H2,1H3,(H,13,14). The van der Waals surface area contributed by atoms with Gasteiger partial charge >= 0.3 is 5.97 Å². The van der Waals surface area contributed by atoms with Crippen molar-refractivity contribution < 1.29 is 14.6 Å². The highest BCUT2D eigenvalue weighted by Gasteiger charge is 2.24. The predicted octanol–water partition coefficient (Wildman–Crippen LogP) is 2.95. The number of aromatic nitrogens is 1. The van der Waals surface area contributed by atoms with Crippen molar-refractivity contribution in [1.29, 1.82) is 0 Å². The molecule has 1 aromatic heterocycles. The van der Waals surface area contributed by atoms with Crippen LogP contribution in [-0.4, -0.2) is 28.9 Å². The van der Waals surface area contributed by atoms with Crippen LogP contribution in [0, 0.1) is 0 Å². The van der Waals surface area contributed by atoms with E-state index < -0.39 is 5.97 Å². The summed E-state index contributed by atoms with van der Waals surface area (Å²) in [5, 5.41) is 10.4. The molecule has 0 bridgehead atoms. The summed E-state index contributed by atoms with van der Waals surface area (Å²) in [5.74, 6) is 0.244. The molecule has 1 unspecified atom stereocenters. The van der Waals surface area contributed by atoms with E-state index >= 15 is 0 Å². The first-order valence-corrected chi connectivity index (χ1v) is 7.42. The summed E-state index contributed by atoms with van der Waals surface area (Å²) < 4.78 is 4.99. The zero-order chi connectivity index (χ0) is 12.3. The topological polar surface area (TPSA) is 59.4 Å². The van der Waals surface area contributed by atoms with Gasteiger partial charge in [-0.1, -0.05) is 6.42 Å². The molecule has 0 aliphatic carbocycles. The van der Waals surface area contributed by atoms with Crippen molar-refractivity contribution in [3.05, 3.63) is 15.6 Å². The lowest BCUT2D eigenvalue weighted by Gasteiger charge is -2.18. The van der Waals surface area contributed by atoms with Crippen molar-refractivity contribution in [2.45, 2.75) is 31.1 Å². The molecule has 1 saturated heterocycles. The first kappa shape index (κ1) is 12.9. The molecule has 0 aromatic carbocycles. The van der Waals surface area contributed by atoms with Crippen LogP contribution in [0.2, 0.25) is 0 Å². The monoisotopic (exact) mass is 273 g/mol. The molecule has 1 aromatic rings. The summed E-state index contributed by atoms with van der Waals surface area (Å²) in [4.78, 5) is 15.9. The molecule has 1 fully saturated rings. The van der Waals surface area contributed by atoms with Gasteiger partial charge in [0.25, 0.3) is 0 Å². The van der Waals surface area contributed by atoms with Crippen LogP contribution in [0.25, 0.3) is 0 Å². The smallest absolute Gasteiger partial charge is 0.347 e. The Morgan fingerprint density at radius 1 is 1.59 bits per heavy atom. The number of rotatable bonds is 4. The van der Waals surface area contributed by atoms with Gasteiger partial charge in [-0.05, 0) is 18.6 Å². The summed E-state index contributed by atoms with van der Waals surface area (Å²) in [6.45, 7) is 0.273. The molecule has 4 nitrogen and oxygen atoms in total. The van der Waals surface area contributed by atoms with Crippen molar-refractivity contribution in [1.82, 2.24) is 4.98 Å². The van der Waals surface area contributed by atoms with Crippen molar-refractivity contribution in [2.75, 3.05) is 12.9 Å². The van der Waals surface area contributed by atoms with Gasteiger partial charge in [-0.25, -0.2) is 9.78 Å². The fourth-order valence-electron chi connectivity index (χ4n) is 1.84. The predicted molar refractivity (Wildman–Crippen MR) is 68.8 cm³/mol. The number of aromatic carboxylic acids is 1. The number of hydrogen-bond donors (Lipinski definition) is 1. The number of carboxylic acids is 1. The van der Waals surface area contributed by atoms with E-state index in [2.05, 4.69) is 4.98 Å². The van der Waals surface area contributed by atoms with Crippen molar-refractivity contribution >= 4 is 29.1 Å². The van der Waals surface area contributed by atoms with Gasteiger partial charge in [-0.3, -0.25) is 0 Å². The molecule has 1 N–H and O–H groups in total. The second kappa shape index (κ2) is 5.84. The number of nitrogens with zero attached hydrogens (tertiary/aromatic N) is 1. The Morgan fingerprint density at radius 3 is 3.00 bits per heavy atom. The molecule has 1 atom stereocenters. The van der Waals surface area contributed by atoms with Gasteiger partial charge in [0, 0.05) is 7.11 Å². The molecule has 2 heterocycles. The summed E-state index contributed by atoms with van der Waals surface area (Å²) in [5.41, 5.74) is 0.561. The number of methoxy groups -OCH3 is 1. The first-order valence-electron chi connectivity index (χ1n) is 5.55. The number of carboxylic acid groups (broad SMARTS) is 1. The Morgan fingerprint density at radius 2 is 2.41 bits per heavy atom. The Bertz CT molecular complexity index is 399. The number of ether oxygens (including phenoxy) is 1. The maximum atomic E-state index is 11.1. The highest BCUT2D eigenvalue weighted by atomic mass is 32.2. The van der Waals surface area contributed by atoms with E-state index in [0.717, 1.165) is 17.2 Å². The summed E-state index contributed by atoms with van der Waals surface area (Å²) in [7, 11) is 1.56. The zero-order valence-electron chi connectivity index (χ0n) is 9.64. The van der Waals surface area contributed by atoms with Gasteiger partial charge in [0.05, 0.1) is 17.6 Å². The fourth-order valence-corrected chi connectivity index (χ4v) is 4.30. The summed E-state index contributed by atoms with van der Waals surface area (Å²) >= 11 is 3.18. The molecule has 17 heavy (non-hydrogen) atoms. The van der Waals surface area contributed by atoms with Crippen LogP contribution >= 0.6 is 23.1 Å². The third-order valence-corrected chi connectivity index (χ3v) is 5.38. The summed E-state index contributed by atoms with van der Waals surface area (Å²) in [6, 6.07) is 0. The van der Waals surface area contributed by atoms with Gasteiger partial charge in [-0.15, -0.1) is 11.3 Å². The van der Waals surface area contributed by atoms with Crippen LogP contribution in [0.3, 0.4) is 0 Å². The lowest BCUT2D eigenvalue weighted by atomic mass is 10.2. The average Bonchev–Trinajstić information content (AvgIpc) is 2.75. The second-order valence-electron chi connectivity index (χ2n) is 3.92. The number of thiazole rings is 1. The normalized spacial score (nSPS) is 20.4. The van der Waals surface area contributed by atoms with Gasteiger partial charge in [0.2, 0.25) is 0 Å². The fraction of sp³-hybridized carbons (Fsp3) is 0.636. The lowest BCUT2D eigenvalue weighted by Crippen LogP contribution is -2.02. The van der Waals surface area contributed by atoms with Crippen LogP contribution < -0.4 is 0 Å². The molecule has 0 spiro atoms. The van der Waals surface area contributed by atoms with E-state index in [4.69, 9.17) is 9.84 Å². The minimum atomic E-state index is -0.901. The van der Waals surface area contributed by atoms with Crippen LogP contribution in [0.5, 0.6) is 0 Å². The van der Waals surface area contributed by atoms with Crippen molar-refractivity contribution in [3.63, 3.8) is 0 Å². The zero-order valence-corrected chi connectivity index (χ0v) is 11.3. The first-order chi connectivity index (χ1) is 8.22. The van der Waals surface area contributed by atoms with Crippen LogP contribution in [-0.2, 0) is 11.3 Å². The molecule has 1 aliphatic heterocycles. The van der Waals surface area contributed by atoms with Crippen LogP contribution in [0.15, 0.2) is 0 Å². The maximum Gasteiger partial charge on any atom is 0.347 e. The van der Waals surface area contributed by atoms with Gasteiger partial charge < -0.3 is 9.84 Å². The van der Waals surface area contributed by atoms with E-state index in [-0.39, 0.29) is 6.61 Å². The highest BCUT2D eigenvalue weighted by Crippen LogP contribution is 2.40. The van der Waals surface area contributed by atoms with Crippen LogP contribution in [0.1, 0.15) is 44.9 Å². The Labute approximate surface area is 108 Å². The van der Waals surface area contributed by atoms with Gasteiger partial charge in [0.1, 0.15) is 9.88 Å². The Hall–Kier alpha value is -0.590. The van der Waals surface area contributed by atoms with Gasteiger partial charge in [0.15, 0.2) is 0 Å². The van der Waals surface area contributed by atoms with E-state index in [9.17, 15) is 4.79 Å². The minimum Gasteiger partial charge on any atom is -0.477 e. The van der Waals surface area contributed by atoms with E-state index in [1.54, 1.807) is 7.11 Å². The Kier molecular flexibility index (Phi) is 4.42. The highest BCUT2D eigenvalue weighted by molar-refractivity contribution is 7.99. The minimum absolute atomic E-state index is 0.273. The number of carbonyl (C=O) groups is 1. The molecular weight excluding hydrogens is 258 g/mol. The third-order valence-electron chi connectivity index (χ3n) is 2.64. The second-order valence-corrected chi connectivity index (χ2v) is 6.26.